The number of esters is 1. The second-order valence-electron chi connectivity index (χ2n) is 9.92. The highest BCUT2D eigenvalue weighted by molar-refractivity contribution is 5.92. The van der Waals surface area contributed by atoms with E-state index < -0.39 is 18.0 Å². The molecule has 3 N–H and O–H groups in total. The van der Waals surface area contributed by atoms with Crippen molar-refractivity contribution < 1.29 is 34.0 Å². The zero-order valence-corrected chi connectivity index (χ0v) is 23.2. The molecule has 5 rings (SSSR count). The molecule has 0 unspecified atom stereocenters. The molecule has 1 aliphatic heterocycles. The number of ether oxygens (including phenoxy) is 3. The molecule has 42 heavy (non-hydrogen) atoms. The van der Waals surface area contributed by atoms with Gasteiger partial charge >= 0.3 is 11.9 Å². The minimum atomic E-state index is -1.11. The third-order valence-corrected chi connectivity index (χ3v) is 7.01. The standard InChI is InChI=1S/C33H32N2O7/c1-2-40-33(39)21-5-10-26(11-6-21)41-31-17-23(8-13-28(31)32(37)38)22-9-14-30-24(16-22)7-12-27(42-30)19-35-20-29(36)25-4-3-15-34-18-25/h3-6,8-11,13-18,27,29,35-36H,2,7,12,19-20H2,1H3,(H,37,38)/t27-,29+/m1/s1. The van der Waals surface area contributed by atoms with Crippen LogP contribution in [0.25, 0.3) is 11.1 Å². The number of fused-ring (bicyclic) bond motifs is 1. The van der Waals surface area contributed by atoms with E-state index in [2.05, 4.69) is 16.4 Å². The fourth-order valence-electron chi connectivity index (χ4n) is 4.80. The van der Waals surface area contributed by atoms with Crippen molar-refractivity contribution >= 4 is 11.9 Å². The molecule has 3 aromatic carbocycles. The molecule has 216 valence electrons. The quantitative estimate of drug-likeness (QED) is 0.203. The molecular weight excluding hydrogens is 536 g/mol. The molecule has 1 aromatic heterocycles. The molecule has 0 saturated heterocycles. The van der Waals surface area contributed by atoms with E-state index in [0.29, 0.717) is 24.4 Å². The zero-order valence-electron chi connectivity index (χ0n) is 23.2. The first-order valence-electron chi connectivity index (χ1n) is 13.8. The highest BCUT2D eigenvalue weighted by Crippen LogP contribution is 2.35. The van der Waals surface area contributed by atoms with Crippen LogP contribution in [0.4, 0.5) is 0 Å². The predicted molar refractivity (Wildman–Crippen MR) is 156 cm³/mol. The largest absolute Gasteiger partial charge is 0.489 e. The third kappa shape index (κ3) is 6.94. The first kappa shape index (κ1) is 28.8. The first-order valence-corrected chi connectivity index (χ1v) is 13.8. The molecule has 0 spiro atoms. The summed E-state index contributed by atoms with van der Waals surface area (Å²) in [5.41, 5.74) is 3.95. The third-order valence-electron chi connectivity index (χ3n) is 7.01. The molecular formula is C33H32N2O7. The van der Waals surface area contributed by atoms with Crippen LogP contribution in [-0.4, -0.2) is 52.9 Å². The van der Waals surface area contributed by atoms with Gasteiger partial charge in [0.25, 0.3) is 0 Å². The van der Waals surface area contributed by atoms with Crippen LogP contribution in [0, 0.1) is 0 Å². The number of nitrogens with zero attached hydrogens (tertiary/aromatic N) is 1. The summed E-state index contributed by atoms with van der Waals surface area (Å²) in [4.78, 5) is 27.9. The number of hydrogen-bond acceptors (Lipinski definition) is 8. The van der Waals surface area contributed by atoms with Gasteiger partial charge in [0.1, 0.15) is 28.9 Å². The maximum absolute atomic E-state index is 11.9. The summed E-state index contributed by atoms with van der Waals surface area (Å²) in [6.07, 6.45) is 4.32. The zero-order chi connectivity index (χ0) is 29.5. The van der Waals surface area contributed by atoms with Crippen LogP contribution in [0.15, 0.2) is 85.2 Å². The average Bonchev–Trinajstić information content (AvgIpc) is 3.01. The van der Waals surface area contributed by atoms with Gasteiger partial charge in [-0.05, 0) is 91.1 Å². The Labute approximate surface area is 243 Å². The number of benzene rings is 3. The number of aromatic carboxylic acids is 1. The maximum Gasteiger partial charge on any atom is 0.339 e. The molecule has 0 amide bonds. The monoisotopic (exact) mass is 568 g/mol. The van der Waals surface area contributed by atoms with Crippen LogP contribution in [0.1, 0.15) is 51.3 Å². The molecule has 4 aromatic rings. The number of aliphatic hydroxyl groups is 1. The predicted octanol–water partition coefficient (Wildman–Crippen LogP) is 5.43. The number of aryl methyl sites for hydroxylation is 1. The SMILES string of the molecule is CCOC(=O)c1ccc(Oc2cc(-c3ccc4c(c3)CC[C@H](CNC[C@H](O)c3cccnc3)O4)ccc2C(=O)O)cc1. The van der Waals surface area contributed by atoms with Crippen LogP contribution < -0.4 is 14.8 Å². The van der Waals surface area contributed by atoms with Crippen molar-refractivity contribution in [1.82, 2.24) is 10.3 Å². The average molecular weight is 569 g/mol. The number of carboxylic acid groups (broad SMARTS) is 1. The summed E-state index contributed by atoms with van der Waals surface area (Å²) in [5.74, 6) is -0.140. The van der Waals surface area contributed by atoms with Crippen molar-refractivity contribution in [2.45, 2.75) is 32.0 Å². The lowest BCUT2D eigenvalue weighted by Gasteiger charge is -2.27. The second kappa shape index (κ2) is 13.3. The summed E-state index contributed by atoms with van der Waals surface area (Å²) >= 11 is 0. The van der Waals surface area contributed by atoms with Crippen LogP contribution in [-0.2, 0) is 11.2 Å². The number of aliphatic hydroxyl groups excluding tert-OH is 1. The molecule has 9 nitrogen and oxygen atoms in total. The lowest BCUT2D eigenvalue weighted by atomic mass is 9.96. The molecule has 0 fully saturated rings. The van der Waals surface area contributed by atoms with Crippen molar-refractivity contribution in [2.75, 3.05) is 19.7 Å². The van der Waals surface area contributed by atoms with E-state index in [1.54, 1.807) is 61.8 Å². The van der Waals surface area contributed by atoms with Crippen molar-refractivity contribution in [2.24, 2.45) is 0 Å². The van der Waals surface area contributed by atoms with Gasteiger partial charge in [0, 0.05) is 31.0 Å². The van der Waals surface area contributed by atoms with Gasteiger partial charge in [-0.25, -0.2) is 9.59 Å². The molecule has 0 aliphatic carbocycles. The molecule has 0 saturated carbocycles. The van der Waals surface area contributed by atoms with E-state index in [1.165, 1.54) is 6.07 Å². The van der Waals surface area contributed by atoms with Crippen molar-refractivity contribution in [3.05, 3.63) is 107 Å². The van der Waals surface area contributed by atoms with Crippen molar-refractivity contribution in [3.63, 3.8) is 0 Å². The van der Waals surface area contributed by atoms with Crippen molar-refractivity contribution in [1.29, 1.82) is 0 Å². The lowest BCUT2D eigenvalue weighted by Crippen LogP contribution is -2.36. The summed E-state index contributed by atoms with van der Waals surface area (Å²) in [6, 6.07) is 20.9. The number of carbonyl (C=O) groups excluding carboxylic acids is 1. The Kier molecular flexibility index (Phi) is 9.11. The van der Waals surface area contributed by atoms with Gasteiger partial charge in [-0.15, -0.1) is 0 Å². The Hall–Kier alpha value is -4.73. The number of nitrogens with one attached hydrogen (secondary N) is 1. The Morgan fingerprint density at radius 1 is 1.07 bits per heavy atom. The van der Waals surface area contributed by atoms with Gasteiger partial charge in [0.2, 0.25) is 0 Å². The number of carboxylic acids is 1. The van der Waals surface area contributed by atoms with E-state index in [4.69, 9.17) is 14.2 Å². The number of aromatic nitrogens is 1. The molecule has 0 bridgehead atoms. The summed E-state index contributed by atoms with van der Waals surface area (Å²) < 4.78 is 17.2. The molecule has 1 aliphatic rings. The topological polar surface area (TPSA) is 127 Å². The van der Waals surface area contributed by atoms with Gasteiger partial charge in [0.05, 0.1) is 18.3 Å². The fraction of sp³-hybridized carbons (Fsp3) is 0.242. The van der Waals surface area contributed by atoms with E-state index in [1.807, 2.05) is 18.2 Å². The van der Waals surface area contributed by atoms with Gasteiger partial charge in [0.15, 0.2) is 0 Å². The Balaban J connectivity index is 1.25. The van der Waals surface area contributed by atoms with Gasteiger partial charge in [-0.1, -0.05) is 18.2 Å². The van der Waals surface area contributed by atoms with Crippen molar-refractivity contribution in [3.8, 4) is 28.4 Å². The number of pyridine rings is 1. The molecule has 2 heterocycles. The van der Waals surface area contributed by atoms with E-state index in [-0.39, 0.29) is 24.0 Å². The fourth-order valence-corrected chi connectivity index (χ4v) is 4.80. The maximum atomic E-state index is 11.9. The van der Waals surface area contributed by atoms with Gasteiger partial charge in [-0.2, -0.15) is 0 Å². The minimum Gasteiger partial charge on any atom is -0.489 e. The molecule has 9 heteroatoms. The van der Waals surface area contributed by atoms with Crippen LogP contribution in [0.3, 0.4) is 0 Å². The molecule has 0 radical (unpaired) electrons. The van der Waals surface area contributed by atoms with Crippen LogP contribution >= 0.6 is 0 Å². The van der Waals surface area contributed by atoms with E-state index in [9.17, 15) is 19.8 Å². The highest BCUT2D eigenvalue weighted by Gasteiger charge is 2.21. The Bertz CT molecular complexity index is 1540. The number of rotatable bonds is 11. The summed E-state index contributed by atoms with van der Waals surface area (Å²) in [7, 11) is 0. The Morgan fingerprint density at radius 3 is 2.60 bits per heavy atom. The number of carbonyl (C=O) groups is 2. The summed E-state index contributed by atoms with van der Waals surface area (Å²) in [5, 5.41) is 23.4. The van der Waals surface area contributed by atoms with E-state index >= 15 is 0 Å². The van der Waals surface area contributed by atoms with Crippen LogP contribution in [0.5, 0.6) is 17.2 Å². The highest BCUT2D eigenvalue weighted by atomic mass is 16.5. The summed E-state index contributed by atoms with van der Waals surface area (Å²) in [6.45, 7) is 3.02. The number of hydrogen-bond donors (Lipinski definition) is 3. The minimum absolute atomic E-state index is 0.0190. The Morgan fingerprint density at radius 2 is 1.86 bits per heavy atom. The molecule has 2 atom stereocenters. The normalized spacial score (nSPS) is 14.8. The van der Waals surface area contributed by atoms with E-state index in [0.717, 1.165) is 40.8 Å². The first-order chi connectivity index (χ1) is 20.4. The lowest BCUT2D eigenvalue weighted by molar-refractivity contribution is 0.0525. The second-order valence-corrected chi connectivity index (χ2v) is 9.92. The van der Waals surface area contributed by atoms with Gasteiger partial charge < -0.3 is 29.7 Å². The smallest absolute Gasteiger partial charge is 0.339 e. The van der Waals surface area contributed by atoms with Gasteiger partial charge in [-0.3, -0.25) is 4.98 Å². The van der Waals surface area contributed by atoms with Crippen LogP contribution in [0.2, 0.25) is 0 Å².